The van der Waals surface area contributed by atoms with Crippen LogP contribution < -0.4 is 0 Å². The summed E-state index contributed by atoms with van der Waals surface area (Å²) < 4.78 is 24.2. The van der Waals surface area contributed by atoms with Crippen molar-refractivity contribution in [2.24, 2.45) is 0 Å². The fourth-order valence-corrected chi connectivity index (χ4v) is 2.30. The van der Waals surface area contributed by atoms with Crippen LogP contribution in [0.25, 0.3) is 0 Å². The van der Waals surface area contributed by atoms with Gasteiger partial charge in [0.25, 0.3) is 0 Å². The number of sulfone groups is 1. The minimum atomic E-state index is -2.86. The number of imidazole rings is 1. The molecule has 84 valence electrons. The van der Waals surface area contributed by atoms with Crippen molar-refractivity contribution in [1.82, 2.24) is 14.5 Å². The van der Waals surface area contributed by atoms with Crippen LogP contribution in [0.15, 0.2) is 12.4 Å². The molecular formula is C9H15N3O2S. The van der Waals surface area contributed by atoms with E-state index >= 15 is 0 Å². The maximum Gasteiger partial charge on any atom is 0.148 e. The molecule has 1 aliphatic heterocycles. The first-order valence-corrected chi connectivity index (χ1v) is 7.01. The predicted molar refractivity (Wildman–Crippen MR) is 57.2 cm³/mol. The Morgan fingerprint density at radius 3 is 3.00 bits per heavy atom. The second kappa shape index (κ2) is 3.94. The second-order valence-electron chi connectivity index (χ2n) is 3.94. The van der Waals surface area contributed by atoms with Gasteiger partial charge in [0, 0.05) is 38.3 Å². The van der Waals surface area contributed by atoms with Crippen molar-refractivity contribution in [2.45, 2.75) is 13.1 Å². The first kappa shape index (κ1) is 10.6. The summed E-state index contributed by atoms with van der Waals surface area (Å²) in [5.74, 6) is 1.25. The Balaban J connectivity index is 1.93. The first-order valence-electron chi connectivity index (χ1n) is 4.95. The summed E-state index contributed by atoms with van der Waals surface area (Å²) in [4.78, 5) is 6.35. The molecule has 0 amide bonds. The Labute approximate surface area is 89.6 Å². The molecule has 0 aliphatic carbocycles. The summed E-state index contributed by atoms with van der Waals surface area (Å²) in [5, 5.41) is 0. The van der Waals surface area contributed by atoms with Crippen molar-refractivity contribution in [2.75, 3.05) is 25.1 Å². The number of aromatic nitrogens is 2. The Kier molecular flexibility index (Phi) is 2.79. The fraction of sp³-hybridized carbons (Fsp3) is 0.667. The van der Waals surface area contributed by atoms with E-state index in [2.05, 4.69) is 14.5 Å². The molecule has 1 aliphatic rings. The van der Waals surface area contributed by atoms with Crippen LogP contribution in [0.5, 0.6) is 0 Å². The standard InChI is InChI=1S/C9H15N3O2S/c1-15(13,14)7-6-11-4-5-12-3-2-10-9(12)8-11/h2-3H,4-8H2,1H3. The van der Waals surface area contributed by atoms with Crippen molar-refractivity contribution >= 4 is 9.84 Å². The molecule has 1 aromatic rings. The highest BCUT2D eigenvalue weighted by molar-refractivity contribution is 7.90. The quantitative estimate of drug-likeness (QED) is 0.717. The highest BCUT2D eigenvalue weighted by Crippen LogP contribution is 2.09. The molecule has 0 radical (unpaired) electrons. The van der Waals surface area contributed by atoms with Crippen LogP contribution >= 0.6 is 0 Å². The average molecular weight is 229 g/mol. The highest BCUT2D eigenvalue weighted by atomic mass is 32.2. The number of hydrogen-bond donors (Lipinski definition) is 0. The van der Waals surface area contributed by atoms with Gasteiger partial charge in [-0.05, 0) is 0 Å². The lowest BCUT2D eigenvalue weighted by molar-refractivity contribution is 0.229. The van der Waals surface area contributed by atoms with Gasteiger partial charge in [-0.2, -0.15) is 0 Å². The molecule has 6 heteroatoms. The molecule has 0 saturated heterocycles. The Morgan fingerprint density at radius 2 is 2.27 bits per heavy atom. The molecule has 0 N–H and O–H groups in total. The smallest absolute Gasteiger partial charge is 0.148 e. The summed E-state index contributed by atoms with van der Waals surface area (Å²) in [6.07, 6.45) is 5.02. The number of rotatable bonds is 3. The van der Waals surface area contributed by atoms with Crippen LogP contribution in [-0.2, 0) is 22.9 Å². The van der Waals surface area contributed by atoms with Gasteiger partial charge in [-0.25, -0.2) is 13.4 Å². The molecule has 2 rings (SSSR count). The van der Waals surface area contributed by atoms with Gasteiger partial charge < -0.3 is 4.57 Å². The monoisotopic (exact) mass is 229 g/mol. The Hall–Kier alpha value is -0.880. The van der Waals surface area contributed by atoms with E-state index < -0.39 is 9.84 Å². The predicted octanol–water partition coefficient (Wildman–Crippen LogP) is -0.257. The van der Waals surface area contributed by atoms with Crippen LogP contribution in [0.2, 0.25) is 0 Å². The van der Waals surface area contributed by atoms with Crippen molar-refractivity contribution in [3.8, 4) is 0 Å². The maximum absolute atomic E-state index is 11.0. The number of nitrogens with zero attached hydrogens (tertiary/aromatic N) is 3. The molecule has 0 aromatic carbocycles. The lowest BCUT2D eigenvalue weighted by atomic mass is 10.3. The van der Waals surface area contributed by atoms with Gasteiger partial charge in [-0.15, -0.1) is 0 Å². The third-order valence-electron chi connectivity index (χ3n) is 2.60. The fourth-order valence-electron chi connectivity index (χ4n) is 1.71. The number of hydrogen-bond acceptors (Lipinski definition) is 4. The summed E-state index contributed by atoms with van der Waals surface area (Å²) in [5.41, 5.74) is 0. The molecule has 2 heterocycles. The van der Waals surface area contributed by atoms with Gasteiger partial charge in [0.05, 0.1) is 12.3 Å². The lowest BCUT2D eigenvalue weighted by Crippen LogP contribution is -2.36. The lowest BCUT2D eigenvalue weighted by Gasteiger charge is -2.27. The van der Waals surface area contributed by atoms with Crippen LogP contribution in [-0.4, -0.2) is 48.0 Å². The van der Waals surface area contributed by atoms with Gasteiger partial charge >= 0.3 is 0 Å². The molecule has 15 heavy (non-hydrogen) atoms. The largest absolute Gasteiger partial charge is 0.333 e. The van der Waals surface area contributed by atoms with E-state index in [1.165, 1.54) is 6.26 Å². The molecule has 0 spiro atoms. The van der Waals surface area contributed by atoms with E-state index in [-0.39, 0.29) is 5.75 Å². The van der Waals surface area contributed by atoms with E-state index in [1.807, 2.05) is 6.20 Å². The van der Waals surface area contributed by atoms with Crippen molar-refractivity contribution in [3.05, 3.63) is 18.2 Å². The molecular weight excluding hydrogens is 214 g/mol. The van der Waals surface area contributed by atoms with Crippen LogP contribution in [0.1, 0.15) is 5.82 Å². The van der Waals surface area contributed by atoms with Gasteiger partial charge in [0.2, 0.25) is 0 Å². The highest BCUT2D eigenvalue weighted by Gasteiger charge is 2.17. The van der Waals surface area contributed by atoms with E-state index in [0.717, 1.165) is 25.5 Å². The van der Waals surface area contributed by atoms with Crippen LogP contribution in [0.3, 0.4) is 0 Å². The van der Waals surface area contributed by atoms with Gasteiger partial charge in [0.1, 0.15) is 15.7 Å². The SMILES string of the molecule is CS(=O)(=O)CCN1CCn2ccnc2C1. The van der Waals surface area contributed by atoms with Crippen molar-refractivity contribution < 1.29 is 8.42 Å². The zero-order chi connectivity index (χ0) is 10.9. The van der Waals surface area contributed by atoms with Gasteiger partial charge in [0.15, 0.2) is 0 Å². The zero-order valence-corrected chi connectivity index (χ0v) is 9.57. The molecule has 1 aromatic heterocycles. The van der Waals surface area contributed by atoms with Crippen molar-refractivity contribution in [1.29, 1.82) is 0 Å². The summed E-state index contributed by atoms with van der Waals surface area (Å²) in [6, 6.07) is 0. The maximum atomic E-state index is 11.0. The Bertz CT molecular complexity index is 438. The van der Waals surface area contributed by atoms with Crippen LogP contribution in [0.4, 0.5) is 0 Å². The Morgan fingerprint density at radius 1 is 1.47 bits per heavy atom. The molecule has 0 unspecified atom stereocenters. The zero-order valence-electron chi connectivity index (χ0n) is 8.76. The van der Waals surface area contributed by atoms with Gasteiger partial charge in [-0.1, -0.05) is 0 Å². The van der Waals surface area contributed by atoms with E-state index in [0.29, 0.717) is 6.54 Å². The van der Waals surface area contributed by atoms with E-state index in [4.69, 9.17) is 0 Å². The van der Waals surface area contributed by atoms with E-state index in [9.17, 15) is 8.42 Å². The second-order valence-corrected chi connectivity index (χ2v) is 6.20. The minimum absolute atomic E-state index is 0.230. The minimum Gasteiger partial charge on any atom is -0.333 e. The molecule has 0 bridgehead atoms. The topological polar surface area (TPSA) is 55.2 Å². The summed E-state index contributed by atoms with van der Waals surface area (Å²) in [7, 11) is -2.86. The van der Waals surface area contributed by atoms with E-state index in [1.54, 1.807) is 6.20 Å². The summed E-state index contributed by atoms with van der Waals surface area (Å²) >= 11 is 0. The average Bonchev–Trinajstić information content (AvgIpc) is 2.60. The van der Waals surface area contributed by atoms with Crippen LogP contribution in [0, 0.1) is 0 Å². The molecule has 5 nitrogen and oxygen atoms in total. The third kappa shape index (κ3) is 2.79. The molecule has 0 saturated carbocycles. The molecule has 0 fully saturated rings. The normalized spacial score (nSPS) is 17.7. The number of fused-ring (bicyclic) bond motifs is 1. The molecule has 0 atom stereocenters. The summed E-state index contributed by atoms with van der Waals surface area (Å²) in [6.45, 7) is 3.16. The van der Waals surface area contributed by atoms with Crippen molar-refractivity contribution in [3.63, 3.8) is 0 Å². The first-order chi connectivity index (χ1) is 7.04. The third-order valence-corrected chi connectivity index (χ3v) is 3.53. The van der Waals surface area contributed by atoms with Gasteiger partial charge in [-0.3, -0.25) is 4.90 Å².